The molecule has 0 aliphatic heterocycles. The maximum atomic E-state index is 13.2. The van der Waals surface area contributed by atoms with Crippen molar-refractivity contribution in [1.29, 1.82) is 0 Å². The Bertz CT molecular complexity index is 632. The van der Waals surface area contributed by atoms with Gasteiger partial charge < -0.3 is 11.1 Å². The largest absolute Gasteiger partial charge is 0.396 e. The van der Waals surface area contributed by atoms with Crippen LogP contribution in [-0.2, 0) is 6.42 Å². The predicted molar refractivity (Wildman–Crippen MR) is 85.6 cm³/mol. The van der Waals surface area contributed by atoms with Gasteiger partial charge in [-0.15, -0.1) is 0 Å². The van der Waals surface area contributed by atoms with Crippen LogP contribution in [0.1, 0.15) is 22.3 Å². The standard InChI is InChI=1S/C16H16BrFN2O/c17-13-10-14(18)15(19)9-12(13)16(21)20-8-4-7-11-5-2-1-3-6-11/h1-3,5-6,9-10H,4,7-8,19H2,(H,20,21). The lowest BCUT2D eigenvalue weighted by molar-refractivity contribution is 0.0952. The van der Waals surface area contributed by atoms with E-state index in [1.54, 1.807) is 0 Å². The van der Waals surface area contributed by atoms with Crippen LogP contribution < -0.4 is 11.1 Å². The fourth-order valence-electron chi connectivity index (χ4n) is 1.97. The SMILES string of the molecule is Nc1cc(C(=O)NCCCc2ccccc2)c(Br)cc1F. The molecule has 0 heterocycles. The molecular weight excluding hydrogens is 335 g/mol. The molecule has 2 rings (SSSR count). The van der Waals surface area contributed by atoms with Gasteiger partial charge in [0.15, 0.2) is 0 Å². The highest BCUT2D eigenvalue weighted by atomic mass is 79.9. The fraction of sp³-hybridized carbons (Fsp3) is 0.188. The molecule has 5 heteroatoms. The van der Waals surface area contributed by atoms with Crippen molar-refractivity contribution in [2.75, 3.05) is 12.3 Å². The Labute approximate surface area is 131 Å². The maximum Gasteiger partial charge on any atom is 0.252 e. The molecular formula is C16H16BrFN2O. The third-order valence-electron chi connectivity index (χ3n) is 3.10. The number of nitrogens with one attached hydrogen (secondary N) is 1. The highest BCUT2D eigenvalue weighted by Gasteiger charge is 2.12. The smallest absolute Gasteiger partial charge is 0.252 e. The lowest BCUT2D eigenvalue weighted by atomic mass is 10.1. The van der Waals surface area contributed by atoms with Gasteiger partial charge in [0.05, 0.1) is 11.3 Å². The van der Waals surface area contributed by atoms with Crippen LogP contribution in [0.15, 0.2) is 46.9 Å². The molecule has 0 spiro atoms. The van der Waals surface area contributed by atoms with Crippen molar-refractivity contribution in [3.8, 4) is 0 Å². The van der Waals surface area contributed by atoms with Crippen molar-refractivity contribution in [3.63, 3.8) is 0 Å². The minimum atomic E-state index is -0.539. The van der Waals surface area contributed by atoms with Gasteiger partial charge in [-0.3, -0.25) is 4.79 Å². The first-order chi connectivity index (χ1) is 10.1. The summed E-state index contributed by atoms with van der Waals surface area (Å²) in [6.45, 7) is 0.553. The molecule has 0 unspecified atom stereocenters. The Kier molecular flexibility index (Phi) is 5.33. The average molecular weight is 351 g/mol. The highest BCUT2D eigenvalue weighted by Crippen LogP contribution is 2.22. The van der Waals surface area contributed by atoms with E-state index in [1.165, 1.54) is 17.7 Å². The summed E-state index contributed by atoms with van der Waals surface area (Å²) in [6, 6.07) is 12.6. The van der Waals surface area contributed by atoms with E-state index in [1.807, 2.05) is 18.2 Å². The number of rotatable bonds is 5. The normalized spacial score (nSPS) is 10.4. The van der Waals surface area contributed by atoms with Crippen molar-refractivity contribution in [3.05, 3.63) is 63.9 Å². The van der Waals surface area contributed by atoms with Crippen LogP contribution in [0.5, 0.6) is 0 Å². The van der Waals surface area contributed by atoms with E-state index in [9.17, 15) is 9.18 Å². The molecule has 0 saturated heterocycles. The molecule has 21 heavy (non-hydrogen) atoms. The first-order valence-electron chi connectivity index (χ1n) is 6.64. The van der Waals surface area contributed by atoms with Gasteiger partial charge in [0, 0.05) is 11.0 Å². The summed E-state index contributed by atoms with van der Waals surface area (Å²) in [6.07, 6.45) is 1.73. The van der Waals surface area contributed by atoms with Gasteiger partial charge in [-0.05, 0) is 46.5 Å². The van der Waals surface area contributed by atoms with E-state index >= 15 is 0 Å². The Balaban J connectivity index is 1.86. The lowest BCUT2D eigenvalue weighted by Crippen LogP contribution is -2.25. The second-order valence-corrected chi connectivity index (χ2v) is 5.55. The number of benzene rings is 2. The fourth-order valence-corrected chi connectivity index (χ4v) is 2.47. The molecule has 1 amide bonds. The van der Waals surface area contributed by atoms with Crippen molar-refractivity contribution in [2.45, 2.75) is 12.8 Å². The second kappa shape index (κ2) is 7.22. The molecule has 0 saturated carbocycles. The minimum absolute atomic E-state index is 0.0346. The molecule has 3 nitrogen and oxygen atoms in total. The van der Waals surface area contributed by atoms with Gasteiger partial charge in [0.2, 0.25) is 0 Å². The van der Waals surface area contributed by atoms with E-state index in [4.69, 9.17) is 5.73 Å². The first kappa shape index (κ1) is 15.5. The van der Waals surface area contributed by atoms with E-state index in [0.717, 1.165) is 12.8 Å². The summed E-state index contributed by atoms with van der Waals surface area (Å²) in [4.78, 5) is 12.0. The third kappa shape index (κ3) is 4.29. The average Bonchev–Trinajstić information content (AvgIpc) is 2.48. The summed E-state index contributed by atoms with van der Waals surface area (Å²) in [5.41, 5.74) is 7.02. The van der Waals surface area contributed by atoms with Crippen LogP contribution in [0.25, 0.3) is 0 Å². The van der Waals surface area contributed by atoms with E-state index in [2.05, 4.69) is 33.4 Å². The van der Waals surface area contributed by atoms with Crippen molar-refractivity contribution in [2.24, 2.45) is 0 Å². The summed E-state index contributed by atoms with van der Waals surface area (Å²) in [5, 5.41) is 2.81. The third-order valence-corrected chi connectivity index (χ3v) is 3.76. The topological polar surface area (TPSA) is 55.1 Å². The molecule has 3 N–H and O–H groups in total. The van der Waals surface area contributed by atoms with Gasteiger partial charge in [0.1, 0.15) is 5.82 Å². The molecule has 0 bridgehead atoms. The van der Waals surface area contributed by atoms with Gasteiger partial charge >= 0.3 is 0 Å². The van der Waals surface area contributed by atoms with E-state index in [-0.39, 0.29) is 11.6 Å². The molecule has 0 aromatic heterocycles. The minimum Gasteiger partial charge on any atom is -0.396 e. The van der Waals surface area contributed by atoms with Gasteiger partial charge in [0.25, 0.3) is 5.91 Å². The number of nitrogens with two attached hydrogens (primary N) is 1. The molecule has 0 atom stereocenters. The molecule has 2 aromatic rings. The van der Waals surface area contributed by atoms with Crippen LogP contribution in [0.2, 0.25) is 0 Å². The van der Waals surface area contributed by atoms with Crippen LogP contribution in [0.3, 0.4) is 0 Å². The molecule has 0 aliphatic rings. The second-order valence-electron chi connectivity index (χ2n) is 4.70. The Morgan fingerprint density at radius 1 is 1.24 bits per heavy atom. The van der Waals surface area contributed by atoms with Crippen LogP contribution in [0, 0.1) is 5.82 Å². The number of carbonyl (C=O) groups is 1. The quantitative estimate of drug-likeness (QED) is 0.640. The zero-order valence-corrected chi connectivity index (χ0v) is 13.0. The lowest BCUT2D eigenvalue weighted by Gasteiger charge is -2.08. The number of amides is 1. The number of anilines is 1. The first-order valence-corrected chi connectivity index (χ1v) is 7.44. The van der Waals surface area contributed by atoms with Gasteiger partial charge in [-0.1, -0.05) is 30.3 Å². The maximum absolute atomic E-state index is 13.2. The summed E-state index contributed by atoms with van der Waals surface area (Å²) in [7, 11) is 0. The summed E-state index contributed by atoms with van der Waals surface area (Å²) >= 11 is 3.17. The van der Waals surface area contributed by atoms with Crippen LogP contribution in [-0.4, -0.2) is 12.5 Å². The zero-order chi connectivity index (χ0) is 15.2. The highest BCUT2D eigenvalue weighted by molar-refractivity contribution is 9.10. The number of hydrogen-bond acceptors (Lipinski definition) is 2. The number of carbonyl (C=O) groups excluding carboxylic acids is 1. The Morgan fingerprint density at radius 3 is 2.67 bits per heavy atom. The number of hydrogen-bond donors (Lipinski definition) is 2. The monoisotopic (exact) mass is 350 g/mol. The molecule has 110 valence electrons. The van der Waals surface area contributed by atoms with E-state index in [0.29, 0.717) is 16.6 Å². The molecule has 0 radical (unpaired) electrons. The molecule has 2 aromatic carbocycles. The van der Waals surface area contributed by atoms with Crippen LogP contribution in [0.4, 0.5) is 10.1 Å². The summed E-state index contributed by atoms with van der Waals surface area (Å²) < 4.78 is 13.6. The van der Waals surface area contributed by atoms with Crippen LogP contribution >= 0.6 is 15.9 Å². The molecule has 0 aliphatic carbocycles. The predicted octanol–water partition coefficient (Wildman–Crippen LogP) is 3.53. The van der Waals surface area contributed by atoms with E-state index < -0.39 is 5.82 Å². The summed E-state index contributed by atoms with van der Waals surface area (Å²) in [5.74, 6) is -0.802. The van der Waals surface area contributed by atoms with Crippen molar-refractivity contribution in [1.82, 2.24) is 5.32 Å². The van der Waals surface area contributed by atoms with Crippen molar-refractivity contribution >= 4 is 27.5 Å². The van der Waals surface area contributed by atoms with Crippen molar-refractivity contribution < 1.29 is 9.18 Å². The number of halogens is 2. The van der Waals surface area contributed by atoms with Gasteiger partial charge in [-0.25, -0.2) is 4.39 Å². The number of aryl methyl sites for hydroxylation is 1. The van der Waals surface area contributed by atoms with Gasteiger partial charge in [-0.2, -0.15) is 0 Å². The molecule has 0 fully saturated rings. The number of nitrogen functional groups attached to an aromatic ring is 1. The zero-order valence-electron chi connectivity index (χ0n) is 11.4. The Morgan fingerprint density at radius 2 is 1.95 bits per heavy atom. The Hall–Kier alpha value is -1.88.